The third-order valence-electron chi connectivity index (χ3n) is 4.11. The van der Waals surface area contributed by atoms with Crippen molar-refractivity contribution in [3.05, 3.63) is 35.1 Å². The van der Waals surface area contributed by atoms with E-state index in [4.69, 9.17) is 9.84 Å². The highest BCUT2D eigenvalue weighted by molar-refractivity contribution is 5.79. The minimum atomic E-state index is -0.449. The number of ether oxygens (including phenoxy) is 1. The molecule has 1 heterocycles. The summed E-state index contributed by atoms with van der Waals surface area (Å²) in [4.78, 5) is 12.4. The van der Waals surface area contributed by atoms with Crippen LogP contribution in [0.25, 0.3) is 0 Å². The number of benzene rings is 1. The van der Waals surface area contributed by atoms with E-state index in [2.05, 4.69) is 19.2 Å². The Labute approximate surface area is 130 Å². The highest BCUT2D eigenvalue weighted by Gasteiger charge is 2.33. The van der Waals surface area contributed by atoms with Crippen LogP contribution in [0.1, 0.15) is 37.8 Å². The monoisotopic (exact) mass is 309 g/mol. The molecule has 1 saturated heterocycles. The van der Waals surface area contributed by atoms with Crippen molar-refractivity contribution in [3.63, 3.8) is 0 Å². The second kappa shape index (κ2) is 7.70. The Morgan fingerprint density at radius 1 is 1.50 bits per heavy atom. The van der Waals surface area contributed by atoms with Crippen molar-refractivity contribution in [2.24, 2.45) is 11.8 Å². The lowest BCUT2D eigenvalue weighted by molar-refractivity contribution is -0.137. The third-order valence-corrected chi connectivity index (χ3v) is 4.11. The van der Waals surface area contributed by atoms with Gasteiger partial charge in [-0.15, -0.1) is 0 Å². The van der Waals surface area contributed by atoms with Gasteiger partial charge in [0.25, 0.3) is 0 Å². The Hall–Kier alpha value is -1.46. The minimum absolute atomic E-state index is 0.0370. The number of rotatable bonds is 5. The lowest BCUT2D eigenvalue weighted by atomic mass is 9.87. The van der Waals surface area contributed by atoms with E-state index in [-0.39, 0.29) is 42.6 Å². The smallest absolute Gasteiger partial charge is 0.226 e. The Bertz CT molecular complexity index is 519. The fourth-order valence-corrected chi connectivity index (χ4v) is 2.89. The molecule has 1 aliphatic heterocycles. The van der Waals surface area contributed by atoms with Crippen LogP contribution in [0.4, 0.5) is 4.39 Å². The van der Waals surface area contributed by atoms with Gasteiger partial charge in [0, 0.05) is 18.7 Å². The minimum Gasteiger partial charge on any atom is -0.392 e. The summed E-state index contributed by atoms with van der Waals surface area (Å²) in [6, 6.07) is 4.60. The van der Waals surface area contributed by atoms with Gasteiger partial charge < -0.3 is 15.2 Å². The quantitative estimate of drug-likeness (QED) is 0.878. The number of hydrogen-bond donors (Lipinski definition) is 2. The van der Waals surface area contributed by atoms with Crippen LogP contribution in [0.3, 0.4) is 0 Å². The number of aliphatic hydroxyl groups excluding tert-OH is 1. The summed E-state index contributed by atoms with van der Waals surface area (Å²) in [7, 11) is 0. The normalized spacial score (nSPS) is 21.9. The molecule has 4 nitrogen and oxygen atoms in total. The van der Waals surface area contributed by atoms with E-state index in [0.717, 1.165) is 12.8 Å². The second-order valence-electron chi connectivity index (χ2n) is 6.13. The van der Waals surface area contributed by atoms with Gasteiger partial charge in [-0.1, -0.05) is 26.0 Å². The molecule has 1 amide bonds. The van der Waals surface area contributed by atoms with Crippen LogP contribution in [0.15, 0.2) is 18.2 Å². The third kappa shape index (κ3) is 4.05. The fraction of sp³-hybridized carbons (Fsp3) is 0.588. The largest absolute Gasteiger partial charge is 0.392 e. The van der Waals surface area contributed by atoms with E-state index in [0.29, 0.717) is 12.2 Å². The summed E-state index contributed by atoms with van der Waals surface area (Å²) in [5.74, 6) is -0.340. The Kier molecular flexibility index (Phi) is 5.91. The van der Waals surface area contributed by atoms with Gasteiger partial charge in [-0.2, -0.15) is 0 Å². The molecule has 1 aromatic carbocycles. The maximum absolute atomic E-state index is 13.6. The van der Waals surface area contributed by atoms with E-state index >= 15 is 0 Å². The molecule has 0 unspecified atom stereocenters. The van der Waals surface area contributed by atoms with Crippen molar-refractivity contribution >= 4 is 5.91 Å². The molecule has 0 radical (unpaired) electrons. The van der Waals surface area contributed by atoms with Crippen LogP contribution in [-0.2, 0) is 22.7 Å². The average Bonchev–Trinajstić information content (AvgIpc) is 2.52. The van der Waals surface area contributed by atoms with Gasteiger partial charge in [0.15, 0.2) is 0 Å². The number of amides is 1. The van der Waals surface area contributed by atoms with Gasteiger partial charge in [-0.3, -0.25) is 4.79 Å². The Morgan fingerprint density at radius 2 is 2.27 bits per heavy atom. The molecule has 2 atom stereocenters. The number of nitrogens with one attached hydrogen (secondary N) is 1. The molecule has 0 aromatic heterocycles. The lowest BCUT2D eigenvalue weighted by Crippen LogP contribution is -2.43. The topological polar surface area (TPSA) is 58.6 Å². The van der Waals surface area contributed by atoms with Crippen LogP contribution >= 0.6 is 0 Å². The maximum atomic E-state index is 13.6. The van der Waals surface area contributed by atoms with Gasteiger partial charge in [0.1, 0.15) is 5.82 Å². The SMILES string of the molecule is CC(C)[C@@H]1OCCC[C@H]1C(=O)NCc1ccc(CO)c(F)c1. The summed E-state index contributed by atoms with van der Waals surface area (Å²) in [5, 5.41) is 11.8. The van der Waals surface area contributed by atoms with Crippen molar-refractivity contribution in [2.75, 3.05) is 6.61 Å². The number of carbonyl (C=O) groups is 1. The van der Waals surface area contributed by atoms with Crippen LogP contribution in [0.2, 0.25) is 0 Å². The van der Waals surface area contributed by atoms with Crippen molar-refractivity contribution in [2.45, 2.75) is 45.9 Å². The predicted octanol–water partition coefficient (Wildman–Crippen LogP) is 2.39. The van der Waals surface area contributed by atoms with Gasteiger partial charge in [-0.05, 0) is 30.4 Å². The first-order chi connectivity index (χ1) is 10.5. The molecule has 1 aromatic rings. The zero-order valence-corrected chi connectivity index (χ0v) is 13.1. The molecule has 1 aliphatic rings. The first kappa shape index (κ1) is 16.9. The Balaban J connectivity index is 1.95. The van der Waals surface area contributed by atoms with Crippen LogP contribution in [0, 0.1) is 17.7 Å². The summed E-state index contributed by atoms with van der Waals surface area (Å²) >= 11 is 0. The number of hydrogen-bond acceptors (Lipinski definition) is 3. The van der Waals surface area contributed by atoms with Crippen LogP contribution in [0.5, 0.6) is 0 Å². The predicted molar refractivity (Wildman–Crippen MR) is 81.5 cm³/mol. The maximum Gasteiger partial charge on any atom is 0.226 e. The Morgan fingerprint density at radius 3 is 2.91 bits per heavy atom. The highest BCUT2D eigenvalue weighted by atomic mass is 19.1. The van der Waals surface area contributed by atoms with Gasteiger partial charge in [0.2, 0.25) is 5.91 Å². The molecule has 2 N–H and O–H groups in total. The van der Waals surface area contributed by atoms with Crippen molar-refractivity contribution in [3.8, 4) is 0 Å². The molecule has 122 valence electrons. The number of halogens is 1. The van der Waals surface area contributed by atoms with Gasteiger partial charge in [-0.25, -0.2) is 4.39 Å². The molecule has 0 aliphatic carbocycles. The molecule has 5 heteroatoms. The molecule has 0 saturated carbocycles. The summed E-state index contributed by atoms with van der Waals surface area (Å²) in [6.07, 6.45) is 1.66. The summed E-state index contributed by atoms with van der Waals surface area (Å²) in [6.45, 7) is 4.77. The zero-order chi connectivity index (χ0) is 16.1. The first-order valence-electron chi connectivity index (χ1n) is 7.80. The molecule has 1 fully saturated rings. The van der Waals surface area contributed by atoms with E-state index < -0.39 is 5.82 Å². The van der Waals surface area contributed by atoms with Crippen LogP contribution < -0.4 is 5.32 Å². The zero-order valence-electron chi connectivity index (χ0n) is 13.1. The molecule has 0 bridgehead atoms. The first-order valence-corrected chi connectivity index (χ1v) is 7.80. The highest BCUT2D eigenvalue weighted by Crippen LogP contribution is 2.26. The van der Waals surface area contributed by atoms with Gasteiger partial charge in [0.05, 0.1) is 18.6 Å². The van der Waals surface area contributed by atoms with E-state index in [1.165, 1.54) is 12.1 Å². The van der Waals surface area contributed by atoms with E-state index in [1.54, 1.807) is 6.07 Å². The number of carbonyl (C=O) groups excluding carboxylic acids is 1. The standard InChI is InChI=1S/C17H24FNO3/c1-11(2)16-14(4-3-7-22-16)17(21)19-9-12-5-6-13(10-20)15(18)8-12/h5-6,8,11,14,16,20H,3-4,7,9-10H2,1-2H3,(H,19,21)/t14-,16+/m1/s1. The van der Waals surface area contributed by atoms with Crippen LogP contribution in [-0.4, -0.2) is 23.7 Å². The van der Waals surface area contributed by atoms with Gasteiger partial charge >= 0.3 is 0 Å². The van der Waals surface area contributed by atoms with E-state index in [9.17, 15) is 9.18 Å². The fourth-order valence-electron chi connectivity index (χ4n) is 2.89. The lowest BCUT2D eigenvalue weighted by Gasteiger charge is -2.33. The van der Waals surface area contributed by atoms with Crippen molar-refractivity contribution in [1.29, 1.82) is 0 Å². The molecular weight excluding hydrogens is 285 g/mol. The molecular formula is C17H24FNO3. The summed E-state index contributed by atoms with van der Waals surface area (Å²) in [5.41, 5.74) is 0.941. The number of aliphatic hydroxyl groups is 1. The second-order valence-corrected chi connectivity index (χ2v) is 6.13. The van der Waals surface area contributed by atoms with Crippen molar-refractivity contribution in [1.82, 2.24) is 5.32 Å². The molecule has 0 spiro atoms. The van der Waals surface area contributed by atoms with E-state index in [1.807, 2.05) is 0 Å². The van der Waals surface area contributed by atoms with Crippen molar-refractivity contribution < 1.29 is 19.0 Å². The molecule has 22 heavy (non-hydrogen) atoms. The molecule has 2 rings (SSSR count). The summed E-state index contributed by atoms with van der Waals surface area (Å²) < 4.78 is 19.3. The average molecular weight is 309 g/mol.